The first-order valence-corrected chi connectivity index (χ1v) is 6.09. The number of benzene rings is 1. The van der Waals surface area contributed by atoms with Crippen LogP contribution in [0.15, 0.2) is 36.0 Å². The Hall–Kier alpha value is -2.08. The lowest BCUT2D eigenvalue weighted by atomic mass is 10.3. The average molecular weight is 265 g/mol. The largest absolute Gasteiger partial charge is 0.759 e. The minimum absolute atomic E-state index is 0.0221. The Morgan fingerprint density at radius 2 is 2.00 bits per heavy atom. The predicted molar refractivity (Wildman–Crippen MR) is 72.7 cm³/mol. The lowest BCUT2D eigenvalue weighted by Crippen LogP contribution is -2.15. The fourth-order valence-corrected chi connectivity index (χ4v) is 1.52. The second-order valence-corrected chi connectivity index (χ2v) is 3.81. The Bertz CT molecular complexity index is 442. The van der Waals surface area contributed by atoms with Crippen LogP contribution in [-0.2, 0) is 0 Å². The van der Waals surface area contributed by atoms with Crippen molar-refractivity contribution in [1.82, 2.24) is 5.06 Å². The summed E-state index contributed by atoms with van der Waals surface area (Å²) in [5.74, 6) is 0.534. The third-order valence-corrected chi connectivity index (χ3v) is 2.59. The second kappa shape index (κ2) is 7.38. The van der Waals surface area contributed by atoms with Crippen LogP contribution in [0.2, 0.25) is 0 Å². The van der Waals surface area contributed by atoms with E-state index in [-0.39, 0.29) is 12.3 Å². The van der Waals surface area contributed by atoms with Crippen LogP contribution in [0.3, 0.4) is 0 Å². The van der Waals surface area contributed by atoms with Gasteiger partial charge in [-0.25, -0.2) is 0 Å². The van der Waals surface area contributed by atoms with Crippen molar-refractivity contribution in [3.8, 4) is 5.75 Å². The maximum atomic E-state index is 11.4. The van der Waals surface area contributed by atoms with Gasteiger partial charge in [-0.05, 0) is 31.6 Å². The van der Waals surface area contributed by atoms with Gasteiger partial charge >= 0.3 is 0 Å². The van der Waals surface area contributed by atoms with Gasteiger partial charge in [0.25, 0.3) is 5.69 Å². The summed E-state index contributed by atoms with van der Waals surface area (Å²) in [4.78, 5) is 10.0. The van der Waals surface area contributed by atoms with Crippen LogP contribution >= 0.6 is 0 Å². The number of non-ortho nitro benzene ring substituents is 1. The molecule has 0 saturated heterocycles. The van der Waals surface area contributed by atoms with Crippen molar-refractivity contribution >= 4 is 5.69 Å². The SMILES string of the molecule is CC/C(=C\COc1ccc([N+](=O)[O-])cc1)N([O-])CC. The van der Waals surface area contributed by atoms with Gasteiger partial charge < -0.3 is 15.0 Å². The molecule has 6 heteroatoms. The van der Waals surface area contributed by atoms with Gasteiger partial charge in [-0.15, -0.1) is 0 Å². The van der Waals surface area contributed by atoms with Gasteiger partial charge in [0.2, 0.25) is 0 Å². The summed E-state index contributed by atoms with van der Waals surface area (Å²) < 4.78 is 5.40. The normalized spacial score (nSPS) is 11.2. The minimum Gasteiger partial charge on any atom is -0.759 e. The molecule has 0 fully saturated rings. The molecule has 0 saturated carbocycles. The summed E-state index contributed by atoms with van der Waals surface area (Å²) in [6, 6.07) is 5.83. The Morgan fingerprint density at radius 3 is 2.47 bits per heavy atom. The zero-order valence-corrected chi connectivity index (χ0v) is 11.0. The summed E-state index contributed by atoms with van der Waals surface area (Å²) >= 11 is 0. The number of hydroxylamine groups is 2. The van der Waals surface area contributed by atoms with E-state index in [4.69, 9.17) is 4.74 Å². The molecule has 0 aliphatic heterocycles. The van der Waals surface area contributed by atoms with Crippen LogP contribution in [-0.4, -0.2) is 23.1 Å². The van der Waals surface area contributed by atoms with Crippen molar-refractivity contribution in [2.75, 3.05) is 13.2 Å². The molecule has 0 unspecified atom stereocenters. The van der Waals surface area contributed by atoms with E-state index in [9.17, 15) is 15.3 Å². The lowest BCUT2D eigenvalue weighted by Gasteiger charge is -2.31. The van der Waals surface area contributed by atoms with E-state index in [1.807, 2.05) is 6.92 Å². The molecule has 6 nitrogen and oxygen atoms in total. The number of allylic oxidation sites excluding steroid dienone is 1. The molecule has 1 rings (SSSR count). The predicted octanol–water partition coefficient (Wildman–Crippen LogP) is 3.09. The lowest BCUT2D eigenvalue weighted by molar-refractivity contribution is -0.384. The molecule has 1 aromatic rings. The third-order valence-electron chi connectivity index (χ3n) is 2.59. The van der Waals surface area contributed by atoms with Crippen LogP contribution in [0.5, 0.6) is 5.75 Å². The number of hydrogen-bond donors (Lipinski definition) is 0. The highest BCUT2D eigenvalue weighted by Crippen LogP contribution is 2.17. The molecule has 0 spiro atoms. The van der Waals surface area contributed by atoms with E-state index in [0.29, 0.717) is 24.4 Å². The highest BCUT2D eigenvalue weighted by Gasteiger charge is 2.03. The number of nitrogens with zero attached hydrogens (tertiary/aromatic N) is 2. The number of ether oxygens (including phenoxy) is 1. The molecule has 0 amide bonds. The van der Waals surface area contributed by atoms with Crippen molar-refractivity contribution in [1.29, 1.82) is 0 Å². The highest BCUT2D eigenvalue weighted by atomic mass is 16.6. The molecule has 104 valence electrons. The van der Waals surface area contributed by atoms with Crippen LogP contribution in [0.25, 0.3) is 0 Å². The Morgan fingerprint density at radius 1 is 1.37 bits per heavy atom. The maximum Gasteiger partial charge on any atom is 0.269 e. The summed E-state index contributed by atoms with van der Waals surface area (Å²) in [5, 5.41) is 22.8. The molecule has 0 aliphatic carbocycles. The number of nitro groups is 1. The first-order chi connectivity index (χ1) is 9.08. The zero-order chi connectivity index (χ0) is 14.3. The fraction of sp³-hybridized carbons (Fsp3) is 0.385. The van der Waals surface area contributed by atoms with Crippen LogP contribution in [0.1, 0.15) is 20.3 Å². The van der Waals surface area contributed by atoms with E-state index in [2.05, 4.69) is 0 Å². The second-order valence-electron chi connectivity index (χ2n) is 3.81. The third kappa shape index (κ3) is 4.59. The summed E-state index contributed by atoms with van der Waals surface area (Å²) in [6.07, 6.45) is 2.36. The first kappa shape index (κ1) is 15.0. The summed E-state index contributed by atoms with van der Waals surface area (Å²) in [5.41, 5.74) is 0.693. The number of hydrogen-bond acceptors (Lipinski definition) is 5. The first-order valence-electron chi connectivity index (χ1n) is 6.09. The average Bonchev–Trinajstić information content (AvgIpc) is 2.43. The quantitative estimate of drug-likeness (QED) is 0.559. The van der Waals surface area contributed by atoms with E-state index < -0.39 is 4.92 Å². The minimum atomic E-state index is -0.463. The van der Waals surface area contributed by atoms with Crippen molar-refractivity contribution in [2.24, 2.45) is 0 Å². The van der Waals surface area contributed by atoms with Crippen molar-refractivity contribution in [3.05, 3.63) is 51.4 Å². The smallest absolute Gasteiger partial charge is 0.269 e. The standard InChI is InChI=1S/C13H17N2O4/c1-3-11(14(16)4-2)9-10-19-13-7-5-12(6-8-13)15(17)18/h5-9H,3-4,10H2,1-2H3/q-1/b11-9+. The molecular weight excluding hydrogens is 248 g/mol. The molecule has 19 heavy (non-hydrogen) atoms. The Kier molecular flexibility index (Phi) is 5.81. The molecule has 0 aliphatic rings. The van der Waals surface area contributed by atoms with Gasteiger partial charge in [0, 0.05) is 24.4 Å². The molecule has 0 N–H and O–H groups in total. The molecular formula is C13H17N2O4-. The molecule has 0 radical (unpaired) electrons. The van der Waals surface area contributed by atoms with E-state index in [0.717, 1.165) is 5.06 Å². The maximum absolute atomic E-state index is 11.4. The van der Waals surface area contributed by atoms with Gasteiger partial charge in [-0.3, -0.25) is 10.1 Å². The Balaban J connectivity index is 2.56. The zero-order valence-electron chi connectivity index (χ0n) is 11.0. The summed E-state index contributed by atoms with van der Waals surface area (Å²) in [7, 11) is 0. The fourth-order valence-electron chi connectivity index (χ4n) is 1.52. The summed E-state index contributed by atoms with van der Waals surface area (Å²) in [6.45, 7) is 4.35. The number of nitro benzene ring substituents is 1. The van der Waals surface area contributed by atoms with E-state index in [1.165, 1.54) is 24.3 Å². The Labute approximate surface area is 112 Å². The van der Waals surface area contributed by atoms with Crippen molar-refractivity contribution < 1.29 is 9.66 Å². The molecule has 0 atom stereocenters. The molecule has 0 aromatic heterocycles. The van der Waals surface area contributed by atoms with Crippen LogP contribution in [0, 0.1) is 15.3 Å². The van der Waals surface area contributed by atoms with Gasteiger partial charge in [-0.2, -0.15) is 0 Å². The van der Waals surface area contributed by atoms with Crippen LogP contribution < -0.4 is 4.74 Å². The highest BCUT2D eigenvalue weighted by molar-refractivity contribution is 5.36. The molecule has 0 heterocycles. The van der Waals surface area contributed by atoms with Gasteiger partial charge in [-0.1, -0.05) is 6.92 Å². The monoisotopic (exact) mass is 265 g/mol. The van der Waals surface area contributed by atoms with Gasteiger partial charge in [0.05, 0.1) is 4.92 Å². The molecule has 0 bridgehead atoms. The van der Waals surface area contributed by atoms with E-state index >= 15 is 0 Å². The van der Waals surface area contributed by atoms with Gasteiger partial charge in [0.1, 0.15) is 12.4 Å². The molecule has 1 aromatic carbocycles. The topological polar surface area (TPSA) is 78.7 Å². The number of rotatable bonds is 7. The van der Waals surface area contributed by atoms with E-state index in [1.54, 1.807) is 13.0 Å². The van der Waals surface area contributed by atoms with Crippen molar-refractivity contribution in [2.45, 2.75) is 20.3 Å². The van der Waals surface area contributed by atoms with Gasteiger partial charge in [0.15, 0.2) is 0 Å². The van der Waals surface area contributed by atoms with Crippen LogP contribution in [0.4, 0.5) is 5.69 Å². The van der Waals surface area contributed by atoms with Crippen molar-refractivity contribution in [3.63, 3.8) is 0 Å².